The van der Waals surface area contributed by atoms with E-state index in [1.54, 1.807) is 0 Å². The van der Waals surface area contributed by atoms with Crippen LogP contribution in [0.1, 0.15) is 221 Å². The fourth-order valence-electron chi connectivity index (χ4n) is 4.46. The summed E-state index contributed by atoms with van der Waals surface area (Å²) in [6.45, 7) is 41.9. The van der Waals surface area contributed by atoms with Gasteiger partial charge in [-0.05, 0) is 71.0 Å². The van der Waals surface area contributed by atoms with E-state index >= 15 is 0 Å². The Morgan fingerprint density at radius 1 is 0.179 bits per heavy atom. The van der Waals surface area contributed by atoms with Gasteiger partial charge in [0.2, 0.25) is 0 Å². The molecule has 0 aliphatic heterocycles. The van der Waals surface area contributed by atoms with Crippen LogP contribution in [0.25, 0.3) is 0 Å². The molecule has 0 aliphatic rings. The van der Waals surface area contributed by atoms with Crippen LogP contribution in [0, 0.1) is 32.5 Å². The molecule has 240 valence electrons. The van der Waals surface area contributed by atoms with E-state index in [0.717, 1.165) is 0 Å². The highest BCUT2D eigenvalue weighted by Gasteiger charge is 2.14. The van der Waals surface area contributed by atoms with Crippen LogP contribution in [0.15, 0.2) is 0 Å². The zero-order valence-electron chi connectivity index (χ0n) is 31.6. The lowest BCUT2D eigenvalue weighted by atomic mass is 9.85. The van der Waals surface area contributed by atoms with Crippen LogP contribution < -0.4 is 0 Å². The van der Waals surface area contributed by atoms with E-state index in [4.69, 9.17) is 0 Å². The molecule has 0 fully saturated rings. The zero-order valence-corrected chi connectivity index (χ0v) is 31.6. The minimum Gasteiger partial charge on any atom is -0.0602 e. The molecule has 0 saturated heterocycles. The predicted molar refractivity (Wildman–Crippen MR) is 186 cm³/mol. The van der Waals surface area contributed by atoms with Crippen LogP contribution >= 0.6 is 0 Å². The summed E-state index contributed by atoms with van der Waals surface area (Å²) < 4.78 is 0. The summed E-state index contributed by atoms with van der Waals surface area (Å²) in [5.74, 6) is 0. The summed E-state index contributed by atoms with van der Waals surface area (Å²) in [5, 5.41) is 0. The molecular weight excluding hydrogens is 468 g/mol. The van der Waals surface area contributed by atoms with Gasteiger partial charge in [-0.1, -0.05) is 182 Å². The van der Waals surface area contributed by atoms with Crippen LogP contribution in [0.4, 0.5) is 0 Å². The standard InChI is InChI=1S/C14H30.C13H28.C12H26/c1-13(2,3)11-9-7-8-10-12-14(4,5)6;1-12(2,3)10-8-7-9-11-13(4,5)6;1-11(2,3)9-7-8-10-12(4,5)6/h7-12H2,1-6H3;7-11H2,1-6H3;7-10H2,1-6H3. The molecule has 0 aromatic heterocycles. The van der Waals surface area contributed by atoms with Crippen molar-refractivity contribution in [1.82, 2.24) is 0 Å². The number of hydrogen-bond acceptors (Lipinski definition) is 0. The Bertz CT molecular complexity index is 472. The highest BCUT2D eigenvalue weighted by atomic mass is 14.2. The summed E-state index contributed by atoms with van der Waals surface area (Å²) in [4.78, 5) is 0. The summed E-state index contributed by atoms with van der Waals surface area (Å²) in [6.07, 6.45) is 20.9. The van der Waals surface area contributed by atoms with Crippen molar-refractivity contribution in [2.24, 2.45) is 32.5 Å². The first-order chi connectivity index (χ1) is 17.1. The van der Waals surface area contributed by atoms with E-state index in [2.05, 4.69) is 125 Å². The third-order valence-electron chi connectivity index (χ3n) is 7.06. The van der Waals surface area contributed by atoms with Crippen molar-refractivity contribution in [2.75, 3.05) is 0 Å². The highest BCUT2D eigenvalue weighted by Crippen LogP contribution is 2.28. The number of rotatable bonds is 12. The van der Waals surface area contributed by atoms with Gasteiger partial charge in [0.1, 0.15) is 0 Å². The number of unbranched alkanes of at least 4 members (excludes halogenated alkanes) is 6. The second-order valence-corrected chi connectivity index (χ2v) is 20.0. The largest absolute Gasteiger partial charge is 0.0602 e. The van der Waals surface area contributed by atoms with Gasteiger partial charge in [0.05, 0.1) is 0 Å². The van der Waals surface area contributed by atoms with E-state index in [-0.39, 0.29) is 0 Å². The second kappa shape index (κ2) is 20.0. The molecule has 0 heteroatoms. The molecule has 0 spiro atoms. The predicted octanol–water partition coefficient (Wildman–Crippen LogP) is 15.1. The highest BCUT2D eigenvalue weighted by molar-refractivity contribution is 4.66. The van der Waals surface area contributed by atoms with Crippen molar-refractivity contribution in [1.29, 1.82) is 0 Å². The van der Waals surface area contributed by atoms with Crippen LogP contribution in [0.2, 0.25) is 0 Å². The smallest absolute Gasteiger partial charge is 0.0383 e. The Kier molecular flexibility index (Phi) is 22.3. The van der Waals surface area contributed by atoms with E-state index < -0.39 is 0 Å². The van der Waals surface area contributed by atoms with Crippen LogP contribution in [0.5, 0.6) is 0 Å². The maximum Gasteiger partial charge on any atom is -0.0383 e. The van der Waals surface area contributed by atoms with Crippen molar-refractivity contribution in [3.05, 3.63) is 0 Å². The monoisotopic (exact) mass is 553 g/mol. The number of hydrogen-bond donors (Lipinski definition) is 0. The molecule has 0 atom stereocenters. The molecule has 0 nitrogen and oxygen atoms in total. The molecule has 0 radical (unpaired) electrons. The molecule has 0 N–H and O–H groups in total. The van der Waals surface area contributed by atoms with Crippen molar-refractivity contribution in [3.63, 3.8) is 0 Å². The third kappa shape index (κ3) is 54.7. The molecule has 39 heavy (non-hydrogen) atoms. The minimum absolute atomic E-state index is 0.526. The normalized spacial score (nSPS) is 13.4. The molecular formula is C39H84. The Balaban J connectivity index is -0.000000500. The van der Waals surface area contributed by atoms with E-state index in [9.17, 15) is 0 Å². The first-order valence-corrected chi connectivity index (χ1v) is 17.1. The maximum atomic E-state index is 2.34. The molecule has 0 aromatic carbocycles. The van der Waals surface area contributed by atoms with Gasteiger partial charge in [-0.25, -0.2) is 0 Å². The van der Waals surface area contributed by atoms with Gasteiger partial charge in [0.15, 0.2) is 0 Å². The molecule has 0 saturated carbocycles. The van der Waals surface area contributed by atoms with Gasteiger partial charge in [0, 0.05) is 0 Å². The van der Waals surface area contributed by atoms with Crippen molar-refractivity contribution in [3.8, 4) is 0 Å². The van der Waals surface area contributed by atoms with Gasteiger partial charge in [-0.3, -0.25) is 0 Å². The van der Waals surface area contributed by atoms with Gasteiger partial charge >= 0.3 is 0 Å². The van der Waals surface area contributed by atoms with Gasteiger partial charge < -0.3 is 0 Å². The topological polar surface area (TPSA) is 0 Å². The van der Waals surface area contributed by atoms with Crippen LogP contribution in [-0.4, -0.2) is 0 Å². The summed E-state index contributed by atoms with van der Waals surface area (Å²) in [7, 11) is 0. The zero-order chi connectivity index (χ0) is 31.6. The van der Waals surface area contributed by atoms with Crippen molar-refractivity contribution < 1.29 is 0 Å². The van der Waals surface area contributed by atoms with Gasteiger partial charge in [-0.2, -0.15) is 0 Å². The van der Waals surface area contributed by atoms with E-state index in [0.29, 0.717) is 32.5 Å². The first kappa shape index (κ1) is 43.5. The average Bonchev–Trinajstić information content (AvgIpc) is 2.64. The molecule has 0 aliphatic carbocycles. The molecule has 0 unspecified atom stereocenters. The molecule has 0 heterocycles. The molecule has 0 rings (SSSR count). The maximum absolute atomic E-state index is 2.34. The Morgan fingerprint density at radius 2 is 0.282 bits per heavy atom. The third-order valence-corrected chi connectivity index (χ3v) is 7.06. The fourth-order valence-corrected chi connectivity index (χ4v) is 4.46. The Hall–Kier alpha value is 0. The fraction of sp³-hybridized carbons (Fsp3) is 1.00. The molecule has 0 bridgehead atoms. The summed E-state index contributed by atoms with van der Waals surface area (Å²) in [6, 6.07) is 0. The van der Waals surface area contributed by atoms with Gasteiger partial charge in [-0.15, -0.1) is 0 Å². The minimum atomic E-state index is 0.526. The lowest BCUT2D eigenvalue weighted by Gasteiger charge is -2.21. The molecule has 0 amide bonds. The SMILES string of the molecule is CC(C)(C)CCCCC(C)(C)C.CC(C)(C)CCCCCC(C)(C)C.CC(C)(C)CCCCCCC(C)(C)C. The summed E-state index contributed by atoms with van der Waals surface area (Å²) in [5.41, 5.74) is 3.17. The van der Waals surface area contributed by atoms with Crippen LogP contribution in [-0.2, 0) is 0 Å². The Morgan fingerprint density at radius 3 is 0.410 bits per heavy atom. The average molecular weight is 553 g/mol. The lowest BCUT2D eigenvalue weighted by Crippen LogP contribution is -2.07. The van der Waals surface area contributed by atoms with E-state index in [1.165, 1.54) is 96.3 Å². The van der Waals surface area contributed by atoms with Crippen LogP contribution in [0.3, 0.4) is 0 Å². The first-order valence-electron chi connectivity index (χ1n) is 17.1. The Labute approximate surface area is 253 Å². The molecule has 0 aromatic rings. The quantitative estimate of drug-likeness (QED) is 0.211. The van der Waals surface area contributed by atoms with Gasteiger partial charge in [0.25, 0.3) is 0 Å². The van der Waals surface area contributed by atoms with Crippen molar-refractivity contribution in [2.45, 2.75) is 221 Å². The lowest BCUT2D eigenvalue weighted by molar-refractivity contribution is 0.318. The summed E-state index contributed by atoms with van der Waals surface area (Å²) >= 11 is 0. The van der Waals surface area contributed by atoms with E-state index in [1.807, 2.05) is 0 Å². The second-order valence-electron chi connectivity index (χ2n) is 20.0. The van der Waals surface area contributed by atoms with Crippen molar-refractivity contribution >= 4 is 0 Å².